The summed E-state index contributed by atoms with van der Waals surface area (Å²) in [5.41, 5.74) is 1.83. The molecule has 0 radical (unpaired) electrons. The standard InChI is InChI=1S/C19H21NO3/c1-3-22-16-10-8-15(9-11-16)12-19(21)20-14(2)13-23-18-7-5-4-6-17(18)20/h4-11,14H,3,12-13H2,1-2H3. The first kappa shape index (κ1) is 15.4. The van der Waals surface area contributed by atoms with E-state index in [9.17, 15) is 4.79 Å². The number of carbonyl (C=O) groups excluding carboxylic acids is 1. The molecule has 4 nitrogen and oxygen atoms in total. The third-order valence-corrected chi connectivity index (χ3v) is 3.90. The second-order valence-corrected chi connectivity index (χ2v) is 5.65. The number of hydrogen-bond acceptors (Lipinski definition) is 3. The minimum Gasteiger partial charge on any atom is -0.494 e. The molecule has 0 fully saturated rings. The Kier molecular flexibility index (Phi) is 4.51. The Hall–Kier alpha value is -2.49. The van der Waals surface area contributed by atoms with Crippen LogP contribution in [-0.4, -0.2) is 25.2 Å². The Morgan fingerprint density at radius 1 is 1.22 bits per heavy atom. The summed E-state index contributed by atoms with van der Waals surface area (Å²) < 4.78 is 11.1. The van der Waals surface area contributed by atoms with Crippen molar-refractivity contribution in [3.8, 4) is 11.5 Å². The molecule has 0 spiro atoms. The fourth-order valence-electron chi connectivity index (χ4n) is 2.81. The lowest BCUT2D eigenvalue weighted by atomic mass is 10.1. The highest BCUT2D eigenvalue weighted by Gasteiger charge is 2.29. The number of fused-ring (bicyclic) bond motifs is 1. The molecule has 23 heavy (non-hydrogen) atoms. The minimum atomic E-state index is 0.0279. The molecule has 2 aromatic carbocycles. The number of anilines is 1. The molecule has 0 aliphatic carbocycles. The average molecular weight is 311 g/mol. The predicted molar refractivity (Wildman–Crippen MR) is 90.2 cm³/mol. The Bertz CT molecular complexity index is 681. The average Bonchev–Trinajstić information content (AvgIpc) is 2.56. The van der Waals surface area contributed by atoms with Gasteiger partial charge in [0, 0.05) is 0 Å². The zero-order valence-electron chi connectivity index (χ0n) is 13.5. The number of benzene rings is 2. The highest BCUT2D eigenvalue weighted by atomic mass is 16.5. The van der Waals surface area contributed by atoms with Crippen molar-refractivity contribution in [3.63, 3.8) is 0 Å². The summed E-state index contributed by atoms with van der Waals surface area (Å²) in [4.78, 5) is 14.6. The first-order chi connectivity index (χ1) is 11.2. The van der Waals surface area contributed by atoms with E-state index < -0.39 is 0 Å². The molecule has 0 saturated carbocycles. The molecular formula is C19H21NO3. The quantitative estimate of drug-likeness (QED) is 0.868. The van der Waals surface area contributed by atoms with Gasteiger partial charge in [0.1, 0.15) is 18.1 Å². The highest BCUT2D eigenvalue weighted by Crippen LogP contribution is 2.33. The Balaban J connectivity index is 1.77. The third kappa shape index (κ3) is 3.31. The summed E-state index contributed by atoms with van der Waals surface area (Å²) in [5.74, 6) is 1.68. The van der Waals surface area contributed by atoms with Gasteiger partial charge in [-0.2, -0.15) is 0 Å². The zero-order valence-corrected chi connectivity index (χ0v) is 13.5. The van der Waals surface area contributed by atoms with Crippen LogP contribution >= 0.6 is 0 Å². The van der Waals surface area contributed by atoms with Crippen molar-refractivity contribution in [2.75, 3.05) is 18.1 Å². The van der Waals surface area contributed by atoms with Gasteiger partial charge in [-0.05, 0) is 43.7 Å². The minimum absolute atomic E-state index is 0.0279. The number of amides is 1. The first-order valence-corrected chi connectivity index (χ1v) is 7.94. The molecule has 0 saturated heterocycles. The maximum absolute atomic E-state index is 12.8. The van der Waals surface area contributed by atoms with Gasteiger partial charge < -0.3 is 14.4 Å². The van der Waals surface area contributed by atoms with E-state index in [1.165, 1.54) is 0 Å². The lowest BCUT2D eigenvalue weighted by Gasteiger charge is -2.35. The van der Waals surface area contributed by atoms with Gasteiger partial charge in [0.05, 0.1) is 24.8 Å². The Labute approximate surface area is 136 Å². The molecule has 2 aromatic rings. The van der Waals surface area contributed by atoms with Gasteiger partial charge in [0.2, 0.25) is 5.91 Å². The van der Waals surface area contributed by atoms with Crippen molar-refractivity contribution in [1.29, 1.82) is 0 Å². The van der Waals surface area contributed by atoms with E-state index >= 15 is 0 Å². The van der Waals surface area contributed by atoms with Crippen LogP contribution < -0.4 is 14.4 Å². The second-order valence-electron chi connectivity index (χ2n) is 5.65. The van der Waals surface area contributed by atoms with Crippen LogP contribution in [0.1, 0.15) is 19.4 Å². The maximum Gasteiger partial charge on any atom is 0.231 e. The molecule has 0 N–H and O–H groups in total. The van der Waals surface area contributed by atoms with Gasteiger partial charge in [-0.15, -0.1) is 0 Å². The van der Waals surface area contributed by atoms with E-state index in [1.807, 2.05) is 67.3 Å². The molecule has 0 aromatic heterocycles. The summed E-state index contributed by atoms with van der Waals surface area (Å²) in [6, 6.07) is 15.4. The van der Waals surface area contributed by atoms with Crippen molar-refractivity contribution >= 4 is 11.6 Å². The SMILES string of the molecule is CCOc1ccc(CC(=O)N2c3ccccc3OCC2C)cc1. The number of hydrogen-bond donors (Lipinski definition) is 0. The van der Waals surface area contributed by atoms with Gasteiger partial charge >= 0.3 is 0 Å². The summed E-state index contributed by atoms with van der Waals surface area (Å²) in [6.07, 6.45) is 0.366. The number of rotatable bonds is 4. The number of para-hydroxylation sites is 2. The van der Waals surface area contributed by atoms with Crippen molar-refractivity contribution in [2.24, 2.45) is 0 Å². The van der Waals surface area contributed by atoms with E-state index in [0.717, 1.165) is 22.7 Å². The molecule has 120 valence electrons. The number of ether oxygens (including phenoxy) is 2. The smallest absolute Gasteiger partial charge is 0.231 e. The molecule has 1 amide bonds. The van der Waals surface area contributed by atoms with Crippen molar-refractivity contribution in [2.45, 2.75) is 26.3 Å². The summed E-state index contributed by atoms with van der Waals surface area (Å²) in [5, 5.41) is 0. The van der Waals surface area contributed by atoms with Gasteiger partial charge in [-0.1, -0.05) is 24.3 Å². The first-order valence-electron chi connectivity index (χ1n) is 7.94. The van der Waals surface area contributed by atoms with Crippen molar-refractivity contribution < 1.29 is 14.3 Å². The zero-order chi connectivity index (χ0) is 16.2. The summed E-state index contributed by atoms with van der Waals surface area (Å²) >= 11 is 0. The summed E-state index contributed by atoms with van der Waals surface area (Å²) in [6.45, 7) is 5.12. The van der Waals surface area contributed by atoms with Gasteiger partial charge in [-0.25, -0.2) is 0 Å². The monoisotopic (exact) mass is 311 g/mol. The molecular weight excluding hydrogens is 290 g/mol. The van der Waals surface area contributed by atoms with Crippen LogP contribution in [0.4, 0.5) is 5.69 Å². The van der Waals surface area contributed by atoms with E-state index in [1.54, 1.807) is 0 Å². The van der Waals surface area contributed by atoms with Crippen LogP contribution in [0.3, 0.4) is 0 Å². The molecule has 1 atom stereocenters. The maximum atomic E-state index is 12.8. The van der Waals surface area contributed by atoms with Crippen LogP contribution in [0.5, 0.6) is 11.5 Å². The lowest BCUT2D eigenvalue weighted by Crippen LogP contribution is -2.45. The Morgan fingerprint density at radius 3 is 2.70 bits per heavy atom. The van der Waals surface area contributed by atoms with Crippen LogP contribution in [0.2, 0.25) is 0 Å². The second kappa shape index (κ2) is 6.73. The highest BCUT2D eigenvalue weighted by molar-refractivity contribution is 5.97. The molecule has 0 bridgehead atoms. The molecule has 1 heterocycles. The van der Waals surface area contributed by atoms with Crippen LogP contribution in [0.25, 0.3) is 0 Å². The van der Waals surface area contributed by atoms with Crippen molar-refractivity contribution in [3.05, 3.63) is 54.1 Å². The van der Waals surface area contributed by atoms with E-state index in [-0.39, 0.29) is 11.9 Å². The summed E-state index contributed by atoms with van der Waals surface area (Å²) in [7, 11) is 0. The fraction of sp³-hybridized carbons (Fsp3) is 0.316. The predicted octanol–water partition coefficient (Wildman–Crippen LogP) is 3.44. The third-order valence-electron chi connectivity index (χ3n) is 3.90. The van der Waals surface area contributed by atoms with E-state index in [0.29, 0.717) is 19.6 Å². The van der Waals surface area contributed by atoms with Gasteiger partial charge in [0.25, 0.3) is 0 Å². The lowest BCUT2D eigenvalue weighted by molar-refractivity contribution is -0.118. The molecule has 1 aliphatic heterocycles. The molecule has 4 heteroatoms. The van der Waals surface area contributed by atoms with Crippen LogP contribution in [0.15, 0.2) is 48.5 Å². The van der Waals surface area contributed by atoms with Gasteiger partial charge in [0.15, 0.2) is 0 Å². The van der Waals surface area contributed by atoms with Crippen molar-refractivity contribution in [1.82, 2.24) is 0 Å². The normalized spacial score (nSPS) is 16.4. The molecule has 3 rings (SSSR count). The number of nitrogens with zero attached hydrogens (tertiary/aromatic N) is 1. The van der Waals surface area contributed by atoms with E-state index in [2.05, 4.69) is 0 Å². The largest absolute Gasteiger partial charge is 0.494 e. The molecule has 1 unspecified atom stereocenters. The van der Waals surface area contributed by atoms with E-state index in [4.69, 9.17) is 9.47 Å². The number of carbonyl (C=O) groups is 1. The topological polar surface area (TPSA) is 38.8 Å². The van der Waals surface area contributed by atoms with Gasteiger partial charge in [-0.3, -0.25) is 4.79 Å². The Morgan fingerprint density at radius 2 is 1.96 bits per heavy atom. The fourth-order valence-corrected chi connectivity index (χ4v) is 2.81. The molecule has 1 aliphatic rings. The van der Waals surface area contributed by atoms with Crippen LogP contribution in [0, 0.1) is 0 Å². The van der Waals surface area contributed by atoms with Crippen LogP contribution in [-0.2, 0) is 11.2 Å².